The lowest BCUT2D eigenvalue weighted by molar-refractivity contribution is 0.621. The number of halogens is 3. The molecule has 0 saturated carbocycles. The highest BCUT2D eigenvalue weighted by Crippen LogP contribution is 2.34. The topological polar surface area (TPSA) is 12.9 Å². The number of hydrogen-bond donors (Lipinski definition) is 0. The second-order valence-corrected chi connectivity index (χ2v) is 6.71. The molecule has 0 bridgehead atoms. The molecular formula is C15H8Br2FNS. The molecule has 1 heterocycles. The molecule has 100 valence electrons. The first kappa shape index (κ1) is 13.9. The quantitative estimate of drug-likeness (QED) is 0.492. The molecule has 0 aliphatic heterocycles. The third kappa shape index (κ3) is 2.71. The molecule has 0 atom stereocenters. The summed E-state index contributed by atoms with van der Waals surface area (Å²) >= 11 is 8.30. The maximum atomic E-state index is 13.3. The zero-order valence-corrected chi connectivity index (χ0v) is 14.1. The molecule has 1 aromatic heterocycles. The van der Waals surface area contributed by atoms with Crippen molar-refractivity contribution in [3.8, 4) is 21.8 Å². The van der Waals surface area contributed by atoms with Crippen LogP contribution in [0.25, 0.3) is 21.8 Å². The van der Waals surface area contributed by atoms with Crippen LogP contribution < -0.4 is 0 Å². The number of hydrogen-bond acceptors (Lipinski definition) is 2. The lowest BCUT2D eigenvalue weighted by Crippen LogP contribution is -1.83. The molecule has 0 aliphatic carbocycles. The normalized spacial score (nSPS) is 10.8. The first-order valence-electron chi connectivity index (χ1n) is 5.81. The van der Waals surface area contributed by atoms with Crippen LogP contribution in [0.3, 0.4) is 0 Å². The van der Waals surface area contributed by atoms with Crippen molar-refractivity contribution in [1.29, 1.82) is 0 Å². The Morgan fingerprint density at radius 2 is 1.80 bits per heavy atom. The van der Waals surface area contributed by atoms with Gasteiger partial charge in [-0.15, -0.1) is 11.3 Å². The van der Waals surface area contributed by atoms with Crippen molar-refractivity contribution in [3.05, 3.63) is 62.6 Å². The maximum Gasteiger partial charge on any atom is 0.137 e. The van der Waals surface area contributed by atoms with E-state index in [-0.39, 0.29) is 5.82 Å². The van der Waals surface area contributed by atoms with Gasteiger partial charge in [-0.1, -0.05) is 34.1 Å². The second kappa shape index (κ2) is 5.76. The molecule has 0 aliphatic rings. The molecule has 0 unspecified atom stereocenters. The van der Waals surface area contributed by atoms with E-state index in [0.29, 0.717) is 4.47 Å². The minimum Gasteiger partial charge on any atom is -0.236 e. The van der Waals surface area contributed by atoms with Crippen molar-refractivity contribution < 1.29 is 4.39 Å². The van der Waals surface area contributed by atoms with Gasteiger partial charge in [-0.05, 0) is 40.2 Å². The van der Waals surface area contributed by atoms with Gasteiger partial charge in [-0.25, -0.2) is 9.37 Å². The summed E-state index contributed by atoms with van der Waals surface area (Å²) < 4.78 is 14.7. The first-order valence-corrected chi connectivity index (χ1v) is 8.27. The van der Waals surface area contributed by atoms with Gasteiger partial charge in [0.25, 0.3) is 0 Å². The van der Waals surface area contributed by atoms with E-state index in [1.165, 1.54) is 6.07 Å². The van der Waals surface area contributed by atoms with Gasteiger partial charge < -0.3 is 0 Å². The Balaban J connectivity index is 2.02. The summed E-state index contributed by atoms with van der Waals surface area (Å²) in [5.41, 5.74) is 2.80. The lowest BCUT2D eigenvalue weighted by atomic mass is 10.2. The molecule has 0 spiro atoms. The van der Waals surface area contributed by atoms with Gasteiger partial charge >= 0.3 is 0 Å². The Bertz CT molecular complexity index is 770. The largest absolute Gasteiger partial charge is 0.236 e. The van der Waals surface area contributed by atoms with Crippen LogP contribution in [-0.4, -0.2) is 4.98 Å². The van der Waals surface area contributed by atoms with E-state index in [0.717, 1.165) is 26.3 Å². The minimum absolute atomic E-state index is 0.269. The Labute approximate surface area is 136 Å². The van der Waals surface area contributed by atoms with Gasteiger partial charge in [0.2, 0.25) is 0 Å². The molecule has 5 heteroatoms. The summed E-state index contributed by atoms with van der Waals surface area (Å²) in [5, 5.41) is 2.92. The summed E-state index contributed by atoms with van der Waals surface area (Å²) in [5.74, 6) is -0.269. The fraction of sp³-hybridized carbons (Fsp3) is 0. The number of benzene rings is 2. The Morgan fingerprint density at radius 3 is 2.55 bits per heavy atom. The molecule has 0 fully saturated rings. The van der Waals surface area contributed by atoms with Crippen molar-refractivity contribution >= 4 is 43.2 Å². The van der Waals surface area contributed by atoms with Crippen LogP contribution in [0, 0.1) is 5.82 Å². The van der Waals surface area contributed by atoms with Crippen LogP contribution in [0.5, 0.6) is 0 Å². The number of thiazole rings is 1. The van der Waals surface area contributed by atoms with E-state index in [2.05, 4.69) is 36.8 Å². The average Bonchev–Trinajstić information content (AvgIpc) is 2.92. The Kier molecular flexibility index (Phi) is 4.01. The van der Waals surface area contributed by atoms with E-state index in [9.17, 15) is 4.39 Å². The van der Waals surface area contributed by atoms with Gasteiger partial charge in [0.15, 0.2) is 0 Å². The summed E-state index contributed by atoms with van der Waals surface area (Å²) in [6.45, 7) is 0. The number of nitrogens with zero attached hydrogens (tertiary/aromatic N) is 1. The highest BCUT2D eigenvalue weighted by molar-refractivity contribution is 9.10. The third-order valence-corrected chi connectivity index (χ3v) is 5.00. The van der Waals surface area contributed by atoms with Gasteiger partial charge in [-0.3, -0.25) is 0 Å². The molecule has 3 rings (SSSR count). The predicted molar refractivity (Wildman–Crippen MR) is 88.3 cm³/mol. The summed E-state index contributed by atoms with van der Waals surface area (Å²) in [6, 6.07) is 12.9. The maximum absolute atomic E-state index is 13.3. The molecule has 0 amide bonds. The zero-order chi connectivity index (χ0) is 14.1. The molecule has 0 saturated heterocycles. The smallest absolute Gasteiger partial charge is 0.137 e. The third-order valence-electron chi connectivity index (χ3n) is 2.82. The van der Waals surface area contributed by atoms with E-state index < -0.39 is 0 Å². The summed E-state index contributed by atoms with van der Waals surface area (Å²) in [6.07, 6.45) is 0. The molecule has 1 nitrogen and oxygen atoms in total. The van der Waals surface area contributed by atoms with E-state index in [1.807, 2.05) is 29.6 Å². The second-order valence-electron chi connectivity index (χ2n) is 4.15. The standard InChI is InChI=1S/C15H8Br2FNS/c16-11-4-2-1-3-10(11)15-19-14(8-20-15)9-5-6-13(18)12(17)7-9/h1-8H. The zero-order valence-electron chi connectivity index (χ0n) is 10.1. The van der Waals surface area contributed by atoms with Crippen LogP contribution in [0.4, 0.5) is 4.39 Å². The number of rotatable bonds is 2. The summed E-state index contributed by atoms with van der Waals surface area (Å²) in [7, 11) is 0. The summed E-state index contributed by atoms with van der Waals surface area (Å²) in [4.78, 5) is 4.63. The predicted octanol–water partition coefficient (Wildman–Crippen LogP) is 6.14. The van der Waals surface area contributed by atoms with Crippen LogP contribution in [-0.2, 0) is 0 Å². The molecule has 20 heavy (non-hydrogen) atoms. The van der Waals surface area contributed by atoms with Crippen LogP contribution in [0.2, 0.25) is 0 Å². The molecule has 0 radical (unpaired) electrons. The van der Waals surface area contributed by atoms with E-state index in [4.69, 9.17) is 0 Å². The first-order chi connectivity index (χ1) is 9.65. The Hall–Kier alpha value is -1.04. The highest BCUT2D eigenvalue weighted by atomic mass is 79.9. The fourth-order valence-corrected chi connectivity index (χ4v) is 3.67. The van der Waals surface area contributed by atoms with Crippen molar-refractivity contribution in [1.82, 2.24) is 4.98 Å². The minimum atomic E-state index is -0.269. The lowest BCUT2D eigenvalue weighted by Gasteiger charge is -2.00. The molecular weight excluding hydrogens is 405 g/mol. The number of aromatic nitrogens is 1. The highest BCUT2D eigenvalue weighted by Gasteiger charge is 2.10. The van der Waals surface area contributed by atoms with Crippen molar-refractivity contribution in [2.45, 2.75) is 0 Å². The van der Waals surface area contributed by atoms with Crippen LogP contribution >= 0.6 is 43.2 Å². The van der Waals surface area contributed by atoms with Crippen LogP contribution in [0.1, 0.15) is 0 Å². The van der Waals surface area contributed by atoms with E-state index in [1.54, 1.807) is 23.5 Å². The molecule has 0 N–H and O–H groups in total. The Morgan fingerprint density at radius 1 is 1.00 bits per heavy atom. The van der Waals surface area contributed by atoms with Gasteiger partial charge in [0, 0.05) is 21.0 Å². The van der Waals surface area contributed by atoms with Gasteiger partial charge in [0.05, 0.1) is 10.2 Å². The fourth-order valence-electron chi connectivity index (χ4n) is 1.82. The molecule has 3 aromatic rings. The van der Waals surface area contributed by atoms with Crippen molar-refractivity contribution in [2.75, 3.05) is 0 Å². The van der Waals surface area contributed by atoms with Gasteiger partial charge in [0.1, 0.15) is 10.8 Å². The van der Waals surface area contributed by atoms with Crippen molar-refractivity contribution in [2.24, 2.45) is 0 Å². The van der Waals surface area contributed by atoms with E-state index >= 15 is 0 Å². The molecule has 2 aromatic carbocycles. The van der Waals surface area contributed by atoms with Crippen LogP contribution in [0.15, 0.2) is 56.8 Å². The monoisotopic (exact) mass is 411 g/mol. The average molecular weight is 413 g/mol. The van der Waals surface area contributed by atoms with Crippen molar-refractivity contribution in [3.63, 3.8) is 0 Å². The van der Waals surface area contributed by atoms with Gasteiger partial charge in [-0.2, -0.15) is 0 Å². The SMILES string of the molecule is Fc1ccc(-c2csc(-c3ccccc3Br)n2)cc1Br.